The molecule has 1 aromatic rings. The number of aliphatic hydroxyl groups is 1. The van der Waals surface area contributed by atoms with Gasteiger partial charge in [0.15, 0.2) is 0 Å². The van der Waals surface area contributed by atoms with Gasteiger partial charge < -0.3 is 24.5 Å². The van der Waals surface area contributed by atoms with Crippen LogP contribution in [0.1, 0.15) is 52.4 Å². The molecule has 0 radical (unpaired) electrons. The molecule has 4 heterocycles. The highest BCUT2D eigenvalue weighted by atomic mass is 32.2. The first-order chi connectivity index (χ1) is 19.8. The molecule has 1 N–H and O–H groups in total. The van der Waals surface area contributed by atoms with Crippen molar-refractivity contribution in [2.45, 2.75) is 74.0 Å². The number of ether oxygens (including phenoxy) is 1. The fraction of sp³-hybridized carbons (Fsp3) is 0.594. The zero-order valence-electron chi connectivity index (χ0n) is 24.0. The van der Waals surface area contributed by atoms with E-state index in [9.17, 15) is 19.5 Å². The fourth-order valence-corrected chi connectivity index (χ4v) is 10.0. The maximum atomic E-state index is 14.5. The van der Waals surface area contributed by atoms with E-state index < -0.39 is 27.4 Å². The number of thioether (sulfide) groups is 1. The average molecular weight is 580 g/mol. The molecule has 3 fully saturated rings. The van der Waals surface area contributed by atoms with E-state index in [0.29, 0.717) is 32.7 Å². The van der Waals surface area contributed by atoms with Crippen molar-refractivity contribution in [1.29, 1.82) is 0 Å². The van der Waals surface area contributed by atoms with Gasteiger partial charge in [-0.1, -0.05) is 43.6 Å². The van der Waals surface area contributed by atoms with Crippen LogP contribution in [0.2, 0.25) is 0 Å². The van der Waals surface area contributed by atoms with Gasteiger partial charge in [0.05, 0.1) is 23.2 Å². The molecule has 0 aromatic heterocycles. The Bertz CT molecular complexity index is 1240. The Labute approximate surface area is 246 Å². The molecular weight excluding hydrogens is 538 g/mol. The van der Waals surface area contributed by atoms with Crippen LogP contribution in [0.4, 0.5) is 5.69 Å². The summed E-state index contributed by atoms with van der Waals surface area (Å²) in [6.07, 6.45) is 14.1. The van der Waals surface area contributed by atoms with Crippen LogP contribution in [0.15, 0.2) is 48.6 Å². The van der Waals surface area contributed by atoms with Crippen LogP contribution < -0.4 is 9.64 Å². The number of anilines is 1. The van der Waals surface area contributed by atoms with E-state index in [-0.39, 0.29) is 30.4 Å². The Kier molecular flexibility index (Phi) is 7.70. The first-order valence-electron chi connectivity index (χ1n) is 15.2. The van der Waals surface area contributed by atoms with Gasteiger partial charge in [-0.15, -0.1) is 11.8 Å². The normalized spacial score (nSPS) is 33.5. The van der Waals surface area contributed by atoms with Crippen LogP contribution in [-0.4, -0.2) is 87.1 Å². The van der Waals surface area contributed by atoms with E-state index in [1.165, 1.54) is 6.42 Å². The molecule has 2 saturated heterocycles. The summed E-state index contributed by atoms with van der Waals surface area (Å²) in [5, 5.41) is 9.68. The summed E-state index contributed by atoms with van der Waals surface area (Å²) in [7, 11) is 0. The Morgan fingerprint density at radius 3 is 2.39 bits per heavy atom. The zero-order chi connectivity index (χ0) is 28.8. The van der Waals surface area contributed by atoms with E-state index in [4.69, 9.17) is 4.74 Å². The highest BCUT2D eigenvalue weighted by Gasteiger charge is 2.74. The third-order valence-electron chi connectivity index (χ3n) is 9.62. The Morgan fingerprint density at radius 1 is 0.951 bits per heavy atom. The number of nitrogens with zero attached hydrogens (tertiary/aromatic N) is 3. The predicted octanol–water partition coefficient (Wildman–Crippen LogP) is 3.79. The molecule has 9 heteroatoms. The second kappa shape index (κ2) is 11.1. The lowest BCUT2D eigenvalue weighted by Crippen LogP contribution is -2.55. The topological polar surface area (TPSA) is 90.4 Å². The molecule has 8 nitrogen and oxygen atoms in total. The van der Waals surface area contributed by atoms with Crippen LogP contribution in [0.25, 0.3) is 0 Å². The fourth-order valence-electron chi connectivity index (χ4n) is 7.86. The maximum absolute atomic E-state index is 14.5. The molecule has 1 aromatic carbocycles. The van der Waals surface area contributed by atoms with Crippen LogP contribution in [0.3, 0.4) is 0 Å². The third-order valence-corrected chi connectivity index (χ3v) is 11.4. The van der Waals surface area contributed by atoms with Crippen molar-refractivity contribution in [3.8, 4) is 5.75 Å². The lowest BCUT2D eigenvalue weighted by Gasteiger charge is -2.40. The number of hydrogen-bond acceptors (Lipinski definition) is 6. The van der Waals surface area contributed by atoms with E-state index in [1.54, 1.807) is 21.6 Å². The molecule has 220 valence electrons. The Balaban J connectivity index is 1.40. The van der Waals surface area contributed by atoms with Gasteiger partial charge in [0.1, 0.15) is 11.8 Å². The highest BCUT2D eigenvalue weighted by molar-refractivity contribution is 8.02. The zero-order valence-corrected chi connectivity index (χ0v) is 24.9. The molecule has 1 aliphatic carbocycles. The van der Waals surface area contributed by atoms with Gasteiger partial charge >= 0.3 is 0 Å². The molecule has 4 aliphatic heterocycles. The van der Waals surface area contributed by atoms with Crippen molar-refractivity contribution in [3.05, 3.63) is 48.6 Å². The second-order valence-corrected chi connectivity index (χ2v) is 13.9. The van der Waals surface area contributed by atoms with Gasteiger partial charge in [0.2, 0.25) is 17.7 Å². The summed E-state index contributed by atoms with van der Waals surface area (Å²) in [5.74, 6) is -0.820. The first kappa shape index (κ1) is 28.3. The number of rotatable bonds is 7. The number of carbonyl (C=O) groups excluding carboxylic acids is 3. The van der Waals surface area contributed by atoms with Gasteiger partial charge in [-0.2, -0.15) is 0 Å². The third kappa shape index (κ3) is 4.60. The highest BCUT2D eigenvalue weighted by Crippen LogP contribution is 2.65. The number of aliphatic hydroxyl groups excluding tert-OH is 1. The van der Waals surface area contributed by atoms with Crippen molar-refractivity contribution in [3.63, 3.8) is 0 Å². The lowest BCUT2D eigenvalue weighted by molar-refractivity contribution is -0.144. The number of fused-ring (bicyclic) bond motifs is 2. The van der Waals surface area contributed by atoms with Crippen molar-refractivity contribution in [2.75, 3.05) is 37.7 Å². The first-order valence-corrected chi connectivity index (χ1v) is 16.0. The van der Waals surface area contributed by atoms with Crippen LogP contribution in [-0.2, 0) is 14.4 Å². The van der Waals surface area contributed by atoms with Crippen molar-refractivity contribution in [1.82, 2.24) is 9.80 Å². The molecule has 6 rings (SSSR count). The van der Waals surface area contributed by atoms with Gasteiger partial charge in [0, 0.05) is 42.7 Å². The summed E-state index contributed by atoms with van der Waals surface area (Å²) >= 11 is 1.62. The van der Waals surface area contributed by atoms with Gasteiger partial charge in [-0.25, -0.2) is 0 Å². The van der Waals surface area contributed by atoms with Crippen LogP contribution in [0.5, 0.6) is 5.75 Å². The number of likely N-dealkylation sites (tertiary alicyclic amines) is 1. The second-order valence-electron chi connectivity index (χ2n) is 12.1. The molecule has 1 unspecified atom stereocenters. The van der Waals surface area contributed by atoms with Crippen molar-refractivity contribution < 1.29 is 24.2 Å². The van der Waals surface area contributed by atoms with E-state index >= 15 is 0 Å². The molecule has 1 spiro atoms. The number of amides is 3. The monoisotopic (exact) mass is 579 g/mol. The Hall–Kier alpha value is -2.78. The molecule has 5 atom stereocenters. The van der Waals surface area contributed by atoms with E-state index in [1.807, 2.05) is 42.2 Å². The summed E-state index contributed by atoms with van der Waals surface area (Å²) in [6.45, 7) is 5.72. The summed E-state index contributed by atoms with van der Waals surface area (Å²) in [4.78, 5) is 48.9. The molecule has 1 saturated carbocycles. The maximum Gasteiger partial charge on any atom is 0.247 e. The minimum absolute atomic E-state index is 0.0111. The molecular formula is C32H41N3O5S. The largest absolute Gasteiger partial charge is 0.494 e. The van der Waals surface area contributed by atoms with E-state index in [2.05, 4.69) is 25.2 Å². The number of carbonyl (C=O) groups is 3. The number of hydrogen-bond donors (Lipinski definition) is 1. The van der Waals surface area contributed by atoms with Crippen molar-refractivity contribution >= 4 is 35.2 Å². The quantitative estimate of drug-likeness (QED) is 0.495. The standard InChI is InChI=1S/C32H41N3O5S/c1-3-40-24-14-12-23(13-15-24)33-18-7-16-31(2)25(28(33)37)26-29(38)35(20-9-21-36)27-30(39)34(22-10-5-4-6-11-22)19-8-17-32(26,27)41-31/h7-8,12-17,22,25-27,36H,3-6,9-11,18-21H2,1-2H3/t25-,26+,27?,31+,32+/m1/s1. The van der Waals surface area contributed by atoms with Crippen molar-refractivity contribution in [2.24, 2.45) is 11.8 Å². The van der Waals surface area contributed by atoms with Crippen LogP contribution >= 0.6 is 11.8 Å². The molecule has 41 heavy (non-hydrogen) atoms. The van der Waals surface area contributed by atoms with E-state index in [0.717, 1.165) is 37.1 Å². The summed E-state index contributed by atoms with van der Waals surface area (Å²) in [6, 6.07) is 6.99. The SMILES string of the molecule is CCOc1ccc(N2CC=C[C@]3(C)S[C@]45C=CCN(C6CCCCC6)C(=O)C4N(CCCO)C(=O)[C@@H]5[C@@H]3C2=O)cc1. The summed E-state index contributed by atoms with van der Waals surface area (Å²) in [5.41, 5.74) is 0.758. The predicted molar refractivity (Wildman–Crippen MR) is 160 cm³/mol. The summed E-state index contributed by atoms with van der Waals surface area (Å²) < 4.78 is 4.10. The van der Waals surface area contributed by atoms with Gasteiger partial charge in [-0.3, -0.25) is 14.4 Å². The minimum atomic E-state index is -0.853. The van der Waals surface area contributed by atoms with Gasteiger partial charge in [0.25, 0.3) is 0 Å². The molecule has 3 amide bonds. The minimum Gasteiger partial charge on any atom is -0.494 e. The molecule has 0 bridgehead atoms. The lowest BCUT2D eigenvalue weighted by atomic mass is 9.74. The van der Waals surface area contributed by atoms with Crippen LogP contribution in [0, 0.1) is 11.8 Å². The van der Waals surface area contributed by atoms with Gasteiger partial charge in [-0.05, 0) is 57.4 Å². The average Bonchev–Trinajstić information content (AvgIpc) is 3.23. The Morgan fingerprint density at radius 2 is 1.68 bits per heavy atom. The smallest absolute Gasteiger partial charge is 0.247 e. The molecule has 5 aliphatic rings. The number of benzene rings is 1.